The van der Waals surface area contributed by atoms with E-state index >= 15 is 0 Å². The Morgan fingerprint density at radius 3 is 2.53 bits per heavy atom. The summed E-state index contributed by atoms with van der Waals surface area (Å²) in [5.41, 5.74) is 1.79. The number of nitrogens with zero attached hydrogens (tertiary/aromatic N) is 2. The number of amides is 3. The highest BCUT2D eigenvalue weighted by atomic mass is 19.3. The molecule has 2 unspecified atom stereocenters. The van der Waals surface area contributed by atoms with E-state index in [1.165, 1.54) is 13.1 Å². The lowest BCUT2D eigenvalue weighted by molar-refractivity contribution is -0.106. The Kier molecular flexibility index (Phi) is 7.80. The fraction of sp³-hybridized carbons (Fsp3) is 0.417. The fourth-order valence-corrected chi connectivity index (χ4v) is 4.03. The van der Waals surface area contributed by atoms with Crippen LogP contribution in [0.15, 0.2) is 42.5 Å². The average Bonchev–Trinajstić information content (AvgIpc) is 2.83. The smallest absolute Gasteiger partial charge is 0.407 e. The van der Waals surface area contributed by atoms with Crippen LogP contribution in [-0.4, -0.2) is 65.5 Å². The molecule has 2 atom stereocenters. The number of carboxylic acid groups (broad SMARTS) is 1. The van der Waals surface area contributed by atoms with Crippen LogP contribution in [0.25, 0.3) is 0 Å². The van der Waals surface area contributed by atoms with Crippen LogP contribution in [0.1, 0.15) is 57.8 Å². The normalized spacial score (nSPS) is 18.1. The molecule has 1 aromatic heterocycles. The highest BCUT2D eigenvalue weighted by Gasteiger charge is 2.45. The standard InChI is InChI=1S/C24H28F2N4O4/c1-15(16-6-4-3-5-7-16)19-12-17(13-20(29-19)22(32)27-2)21(31)28-10-8-18-9-11-30(23(33)34)14-24(18,25)26/h3-7,12-13,15,18H,8-11,14H2,1-2H3,(H,27,32)(H,28,31)(H,33,34). The fourth-order valence-electron chi connectivity index (χ4n) is 4.03. The molecule has 1 aromatic carbocycles. The molecular formula is C24H28F2N4O4. The maximum Gasteiger partial charge on any atom is 0.407 e. The summed E-state index contributed by atoms with van der Waals surface area (Å²) in [6, 6.07) is 12.5. The highest BCUT2D eigenvalue weighted by molar-refractivity contribution is 5.98. The van der Waals surface area contributed by atoms with Gasteiger partial charge in [-0.05, 0) is 30.5 Å². The monoisotopic (exact) mass is 474 g/mol. The molecule has 1 aliphatic rings. The number of likely N-dealkylation sites (tertiary alicyclic amines) is 1. The van der Waals surface area contributed by atoms with E-state index in [1.807, 2.05) is 37.3 Å². The minimum Gasteiger partial charge on any atom is -0.465 e. The van der Waals surface area contributed by atoms with Crippen LogP contribution in [0, 0.1) is 5.92 Å². The Morgan fingerprint density at radius 1 is 1.21 bits per heavy atom. The topological polar surface area (TPSA) is 112 Å². The van der Waals surface area contributed by atoms with Crippen molar-refractivity contribution in [3.8, 4) is 0 Å². The minimum absolute atomic E-state index is 0.00658. The molecule has 0 aliphatic carbocycles. The van der Waals surface area contributed by atoms with E-state index in [9.17, 15) is 23.2 Å². The van der Waals surface area contributed by atoms with Crippen molar-refractivity contribution in [2.75, 3.05) is 26.7 Å². The summed E-state index contributed by atoms with van der Waals surface area (Å²) in [6.45, 7) is 1.09. The van der Waals surface area contributed by atoms with E-state index in [0.29, 0.717) is 10.6 Å². The molecule has 0 radical (unpaired) electrons. The van der Waals surface area contributed by atoms with Crippen LogP contribution in [0.5, 0.6) is 0 Å². The lowest BCUT2D eigenvalue weighted by Gasteiger charge is -2.37. The molecule has 3 amide bonds. The molecule has 34 heavy (non-hydrogen) atoms. The summed E-state index contributed by atoms with van der Waals surface area (Å²) in [4.78, 5) is 41.1. The Labute approximate surface area is 196 Å². The van der Waals surface area contributed by atoms with E-state index in [1.54, 1.807) is 6.07 Å². The quantitative estimate of drug-likeness (QED) is 0.570. The molecular weight excluding hydrogens is 446 g/mol. The van der Waals surface area contributed by atoms with E-state index in [2.05, 4.69) is 15.6 Å². The van der Waals surface area contributed by atoms with Crippen molar-refractivity contribution in [1.82, 2.24) is 20.5 Å². The predicted molar refractivity (Wildman–Crippen MR) is 121 cm³/mol. The maximum atomic E-state index is 14.3. The van der Waals surface area contributed by atoms with Crippen molar-refractivity contribution in [1.29, 1.82) is 0 Å². The van der Waals surface area contributed by atoms with Crippen LogP contribution in [-0.2, 0) is 0 Å². The van der Waals surface area contributed by atoms with Gasteiger partial charge in [0.1, 0.15) is 5.69 Å². The molecule has 1 aliphatic heterocycles. The van der Waals surface area contributed by atoms with Gasteiger partial charge in [0.2, 0.25) is 0 Å². The second-order valence-corrected chi connectivity index (χ2v) is 8.37. The number of piperidine rings is 1. The van der Waals surface area contributed by atoms with Crippen LogP contribution >= 0.6 is 0 Å². The van der Waals surface area contributed by atoms with Crippen molar-refractivity contribution in [3.05, 3.63) is 65.0 Å². The third-order valence-corrected chi connectivity index (χ3v) is 6.11. The van der Waals surface area contributed by atoms with Gasteiger partial charge in [-0.15, -0.1) is 0 Å². The lowest BCUT2D eigenvalue weighted by Crippen LogP contribution is -2.50. The Hall–Kier alpha value is -3.56. The number of hydrogen-bond donors (Lipinski definition) is 3. The molecule has 2 heterocycles. The number of aromatic nitrogens is 1. The lowest BCUT2D eigenvalue weighted by atomic mass is 9.90. The molecule has 182 valence electrons. The Balaban J connectivity index is 1.71. The van der Waals surface area contributed by atoms with E-state index in [-0.39, 0.29) is 43.1 Å². The Morgan fingerprint density at radius 2 is 1.91 bits per heavy atom. The van der Waals surface area contributed by atoms with Crippen LogP contribution < -0.4 is 10.6 Å². The van der Waals surface area contributed by atoms with Crippen molar-refractivity contribution in [2.45, 2.75) is 31.6 Å². The third-order valence-electron chi connectivity index (χ3n) is 6.11. The maximum absolute atomic E-state index is 14.3. The second-order valence-electron chi connectivity index (χ2n) is 8.37. The SMILES string of the molecule is CNC(=O)c1cc(C(=O)NCCC2CCN(C(=O)O)CC2(F)F)cc(C(C)c2ccccc2)n1. The van der Waals surface area contributed by atoms with E-state index in [4.69, 9.17) is 5.11 Å². The van der Waals surface area contributed by atoms with Crippen molar-refractivity contribution in [3.63, 3.8) is 0 Å². The predicted octanol–water partition coefficient (Wildman–Crippen LogP) is 3.35. The molecule has 0 spiro atoms. The van der Waals surface area contributed by atoms with Gasteiger partial charge in [-0.2, -0.15) is 0 Å². The second kappa shape index (κ2) is 10.6. The molecule has 2 aromatic rings. The molecule has 0 saturated carbocycles. The first-order valence-electron chi connectivity index (χ1n) is 11.0. The van der Waals surface area contributed by atoms with Gasteiger partial charge in [0.25, 0.3) is 17.7 Å². The number of nitrogens with one attached hydrogen (secondary N) is 2. The molecule has 3 N–H and O–H groups in total. The van der Waals surface area contributed by atoms with E-state index < -0.39 is 36.3 Å². The van der Waals surface area contributed by atoms with Crippen LogP contribution in [0.4, 0.5) is 13.6 Å². The average molecular weight is 475 g/mol. The number of rotatable bonds is 7. The first-order chi connectivity index (χ1) is 16.1. The Bertz CT molecular complexity index is 1050. The summed E-state index contributed by atoms with van der Waals surface area (Å²) in [5, 5.41) is 14.1. The summed E-state index contributed by atoms with van der Waals surface area (Å²) < 4.78 is 28.7. The van der Waals surface area contributed by atoms with Gasteiger partial charge in [-0.3, -0.25) is 9.59 Å². The molecule has 1 saturated heterocycles. The number of alkyl halides is 2. The zero-order valence-electron chi connectivity index (χ0n) is 19.1. The summed E-state index contributed by atoms with van der Waals surface area (Å²) in [7, 11) is 1.47. The van der Waals surface area contributed by atoms with Gasteiger partial charge in [-0.25, -0.2) is 18.6 Å². The zero-order valence-corrected chi connectivity index (χ0v) is 19.1. The summed E-state index contributed by atoms with van der Waals surface area (Å²) in [6.07, 6.45) is -1.34. The van der Waals surface area contributed by atoms with E-state index in [0.717, 1.165) is 5.56 Å². The van der Waals surface area contributed by atoms with Crippen molar-refractivity contribution < 1.29 is 28.3 Å². The van der Waals surface area contributed by atoms with Crippen LogP contribution in [0.2, 0.25) is 0 Å². The number of benzene rings is 1. The van der Waals surface area contributed by atoms with Gasteiger partial charge in [0.05, 0.1) is 6.54 Å². The number of halogens is 2. The van der Waals surface area contributed by atoms with Gasteiger partial charge in [-0.1, -0.05) is 37.3 Å². The third kappa shape index (κ3) is 5.86. The van der Waals surface area contributed by atoms with Gasteiger partial charge in [0.15, 0.2) is 0 Å². The zero-order chi connectivity index (χ0) is 24.9. The summed E-state index contributed by atoms with van der Waals surface area (Å²) in [5.74, 6) is -5.32. The van der Waals surface area contributed by atoms with Gasteiger partial charge >= 0.3 is 6.09 Å². The minimum atomic E-state index is -3.16. The van der Waals surface area contributed by atoms with Crippen molar-refractivity contribution in [2.24, 2.45) is 5.92 Å². The number of carbonyl (C=O) groups is 3. The van der Waals surface area contributed by atoms with Gasteiger partial charge < -0.3 is 20.6 Å². The largest absolute Gasteiger partial charge is 0.465 e. The van der Waals surface area contributed by atoms with Crippen molar-refractivity contribution >= 4 is 17.9 Å². The first kappa shape index (κ1) is 25.1. The number of hydrogen-bond acceptors (Lipinski definition) is 4. The molecule has 0 bridgehead atoms. The van der Waals surface area contributed by atoms with Gasteiger partial charge in [0, 0.05) is 43.2 Å². The first-order valence-corrected chi connectivity index (χ1v) is 11.0. The summed E-state index contributed by atoms with van der Waals surface area (Å²) >= 11 is 0. The number of pyridine rings is 1. The molecule has 3 rings (SSSR count). The molecule has 10 heteroatoms. The highest BCUT2D eigenvalue weighted by Crippen LogP contribution is 2.35. The number of carbonyl (C=O) groups excluding carboxylic acids is 2. The molecule has 8 nitrogen and oxygen atoms in total. The molecule has 1 fully saturated rings. The van der Waals surface area contributed by atoms with Crippen LogP contribution in [0.3, 0.4) is 0 Å².